The molecule has 0 unspecified atom stereocenters. The number of amides is 1. The van der Waals surface area contributed by atoms with E-state index in [4.69, 9.17) is 4.52 Å². The largest absolute Gasteiger partial charge is 0.360 e. The van der Waals surface area contributed by atoms with Crippen LogP contribution in [0.25, 0.3) is 0 Å². The van der Waals surface area contributed by atoms with Gasteiger partial charge in [-0.2, -0.15) is 0 Å². The first-order valence-electron chi connectivity index (χ1n) is 7.92. The smallest absolute Gasteiger partial charge is 0.276 e. The number of rotatable bonds is 1. The monoisotopic (exact) mass is 291 g/mol. The molecule has 1 aromatic heterocycles. The van der Waals surface area contributed by atoms with Gasteiger partial charge in [0.05, 0.1) is 0 Å². The lowest BCUT2D eigenvalue weighted by atomic mass is 9.92. The highest BCUT2D eigenvalue weighted by Crippen LogP contribution is 2.28. The summed E-state index contributed by atoms with van der Waals surface area (Å²) in [6, 6.07) is 1.80. The summed E-state index contributed by atoms with van der Waals surface area (Å²) in [4.78, 5) is 14.5. The van der Waals surface area contributed by atoms with Crippen molar-refractivity contribution in [2.24, 2.45) is 11.8 Å². The minimum Gasteiger partial charge on any atom is -0.360 e. The van der Waals surface area contributed by atoms with Crippen LogP contribution in [0.4, 0.5) is 0 Å². The number of aromatic nitrogens is 1. The molecule has 2 atom stereocenters. The summed E-state index contributed by atoms with van der Waals surface area (Å²) in [7, 11) is 0. The van der Waals surface area contributed by atoms with Gasteiger partial charge >= 0.3 is 0 Å². The summed E-state index contributed by atoms with van der Waals surface area (Å²) in [6.07, 6.45) is 2.18. The molecule has 116 valence electrons. The van der Waals surface area contributed by atoms with Gasteiger partial charge in [-0.25, -0.2) is 0 Å². The molecule has 3 rings (SSSR count). The van der Waals surface area contributed by atoms with Crippen molar-refractivity contribution in [3.63, 3.8) is 0 Å². The average Bonchev–Trinajstić information content (AvgIpc) is 3.03. The van der Waals surface area contributed by atoms with Crippen LogP contribution in [0.3, 0.4) is 0 Å². The maximum absolute atomic E-state index is 12.6. The van der Waals surface area contributed by atoms with Crippen LogP contribution in [-0.4, -0.2) is 42.1 Å². The molecule has 2 aliphatic rings. The Morgan fingerprint density at radius 1 is 1.29 bits per heavy atom. The van der Waals surface area contributed by atoms with Crippen molar-refractivity contribution in [2.45, 2.75) is 39.0 Å². The minimum atomic E-state index is -0.118. The van der Waals surface area contributed by atoms with Crippen molar-refractivity contribution >= 4 is 5.91 Å². The Labute approximate surface area is 126 Å². The standard InChI is InChI=1S/C16H25N3O2/c1-16(2,3)14-8-13(18-21-14)15(20)19-6-4-11-9-17-10-12(11)5-7-19/h8,11-12,17H,4-7,9-10H2,1-3H3/t11-,12+. The summed E-state index contributed by atoms with van der Waals surface area (Å²) in [6.45, 7) is 10.0. The molecule has 2 saturated heterocycles. The molecule has 1 N–H and O–H groups in total. The molecule has 0 bridgehead atoms. The van der Waals surface area contributed by atoms with E-state index in [-0.39, 0.29) is 11.3 Å². The zero-order chi connectivity index (χ0) is 15.0. The number of hydrogen-bond donors (Lipinski definition) is 1. The first-order valence-corrected chi connectivity index (χ1v) is 7.92. The highest BCUT2D eigenvalue weighted by atomic mass is 16.5. The predicted molar refractivity (Wildman–Crippen MR) is 80.2 cm³/mol. The Bertz CT molecular complexity index is 504. The van der Waals surface area contributed by atoms with E-state index in [2.05, 4.69) is 31.2 Å². The average molecular weight is 291 g/mol. The molecular formula is C16H25N3O2. The number of nitrogens with zero attached hydrogens (tertiary/aromatic N) is 2. The van der Waals surface area contributed by atoms with Gasteiger partial charge < -0.3 is 14.7 Å². The van der Waals surface area contributed by atoms with Gasteiger partial charge in [-0.3, -0.25) is 4.79 Å². The number of carbonyl (C=O) groups is 1. The van der Waals surface area contributed by atoms with E-state index in [1.165, 1.54) is 0 Å². The lowest BCUT2D eigenvalue weighted by molar-refractivity contribution is 0.0748. The third-order valence-electron chi connectivity index (χ3n) is 4.78. The van der Waals surface area contributed by atoms with Gasteiger partial charge in [0.1, 0.15) is 5.76 Å². The topological polar surface area (TPSA) is 58.4 Å². The lowest BCUT2D eigenvalue weighted by Crippen LogP contribution is -2.33. The number of nitrogens with one attached hydrogen (secondary N) is 1. The van der Waals surface area contributed by atoms with E-state index in [0.717, 1.165) is 56.6 Å². The van der Waals surface area contributed by atoms with E-state index in [0.29, 0.717) is 5.69 Å². The zero-order valence-corrected chi connectivity index (χ0v) is 13.2. The minimum absolute atomic E-state index is 0.0159. The second-order valence-electron chi connectivity index (χ2n) is 7.37. The van der Waals surface area contributed by atoms with Crippen LogP contribution < -0.4 is 5.32 Å². The van der Waals surface area contributed by atoms with Gasteiger partial charge in [0.25, 0.3) is 5.91 Å². The Morgan fingerprint density at radius 2 is 1.90 bits per heavy atom. The summed E-state index contributed by atoms with van der Waals surface area (Å²) in [5.74, 6) is 2.24. The Balaban J connectivity index is 1.69. The van der Waals surface area contributed by atoms with Crippen LogP contribution in [0.2, 0.25) is 0 Å². The zero-order valence-electron chi connectivity index (χ0n) is 13.2. The van der Waals surface area contributed by atoms with Crippen LogP contribution in [0.5, 0.6) is 0 Å². The number of hydrogen-bond acceptors (Lipinski definition) is 4. The lowest BCUT2D eigenvalue weighted by Gasteiger charge is -2.19. The Hall–Kier alpha value is -1.36. The highest BCUT2D eigenvalue weighted by Gasteiger charge is 2.32. The van der Waals surface area contributed by atoms with E-state index < -0.39 is 0 Å². The Morgan fingerprint density at radius 3 is 2.43 bits per heavy atom. The predicted octanol–water partition coefficient (Wildman–Crippen LogP) is 2.04. The third-order valence-corrected chi connectivity index (χ3v) is 4.78. The van der Waals surface area contributed by atoms with Crippen molar-refractivity contribution in [3.8, 4) is 0 Å². The number of likely N-dealkylation sites (tertiary alicyclic amines) is 1. The fraction of sp³-hybridized carbons (Fsp3) is 0.750. The van der Waals surface area contributed by atoms with Crippen LogP contribution in [-0.2, 0) is 5.41 Å². The molecule has 5 nitrogen and oxygen atoms in total. The molecule has 1 aromatic rings. The second-order valence-corrected chi connectivity index (χ2v) is 7.37. The molecule has 3 heterocycles. The molecule has 0 radical (unpaired) electrons. The van der Waals surface area contributed by atoms with Crippen molar-refractivity contribution in [2.75, 3.05) is 26.2 Å². The van der Waals surface area contributed by atoms with E-state index in [1.807, 2.05) is 4.90 Å². The quantitative estimate of drug-likeness (QED) is 0.860. The fourth-order valence-corrected chi connectivity index (χ4v) is 3.31. The SMILES string of the molecule is CC(C)(C)c1cc(C(=O)N2CC[C@@H]3CNC[C@@H]3CC2)no1. The molecule has 0 spiro atoms. The van der Waals surface area contributed by atoms with E-state index in [1.54, 1.807) is 6.07 Å². The van der Waals surface area contributed by atoms with E-state index >= 15 is 0 Å². The van der Waals surface area contributed by atoms with Gasteiger partial charge in [-0.1, -0.05) is 25.9 Å². The second kappa shape index (κ2) is 5.44. The van der Waals surface area contributed by atoms with Gasteiger partial charge in [0.15, 0.2) is 5.69 Å². The van der Waals surface area contributed by atoms with Gasteiger partial charge in [0, 0.05) is 24.6 Å². The first kappa shape index (κ1) is 14.6. The van der Waals surface area contributed by atoms with Crippen LogP contribution in [0.15, 0.2) is 10.6 Å². The van der Waals surface area contributed by atoms with E-state index in [9.17, 15) is 4.79 Å². The van der Waals surface area contributed by atoms with Crippen molar-refractivity contribution in [3.05, 3.63) is 17.5 Å². The molecule has 2 aliphatic heterocycles. The normalized spacial score (nSPS) is 26.5. The van der Waals surface area contributed by atoms with Crippen LogP contribution >= 0.6 is 0 Å². The highest BCUT2D eigenvalue weighted by molar-refractivity contribution is 5.92. The van der Waals surface area contributed by atoms with Crippen molar-refractivity contribution < 1.29 is 9.32 Å². The molecule has 21 heavy (non-hydrogen) atoms. The first-order chi connectivity index (χ1) is 9.95. The summed E-state index contributed by atoms with van der Waals surface area (Å²) < 4.78 is 5.34. The fourth-order valence-electron chi connectivity index (χ4n) is 3.31. The number of carbonyl (C=O) groups excluding carboxylic acids is 1. The molecule has 0 saturated carbocycles. The summed E-state index contributed by atoms with van der Waals surface area (Å²) in [5.41, 5.74) is 0.331. The van der Waals surface area contributed by atoms with Gasteiger partial charge in [-0.15, -0.1) is 0 Å². The van der Waals surface area contributed by atoms with Gasteiger partial charge in [0.2, 0.25) is 0 Å². The van der Waals surface area contributed by atoms with Crippen LogP contribution in [0, 0.1) is 11.8 Å². The summed E-state index contributed by atoms with van der Waals surface area (Å²) in [5, 5.41) is 7.44. The van der Waals surface area contributed by atoms with Crippen molar-refractivity contribution in [1.29, 1.82) is 0 Å². The van der Waals surface area contributed by atoms with Gasteiger partial charge in [-0.05, 0) is 37.8 Å². The molecule has 5 heteroatoms. The molecule has 0 aliphatic carbocycles. The van der Waals surface area contributed by atoms with Crippen molar-refractivity contribution in [1.82, 2.24) is 15.4 Å². The summed E-state index contributed by atoms with van der Waals surface area (Å²) >= 11 is 0. The maximum Gasteiger partial charge on any atom is 0.276 e. The Kier molecular flexibility index (Phi) is 3.78. The third kappa shape index (κ3) is 2.98. The molecule has 2 fully saturated rings. The molecular weight excluding hydrogens is 266 g/mol. The molecule has 1 amide bonds. The van der Waals surface area contributed by atoms with Crippen LogP contribution in [0.1, 0.15) is 49.9 Å². The number of fused-ring (bicyclic) bond motifs is 1. The molecule has 0 aromatic carbocycles. The maximum atomic E-state index is 12.6.